The van der Waals surface area contributed by atoms with Crippen LogP contribution in [0.2, 0.25) is 10.0 Å². The monoisotopic (exact) mass is 331 g/mol. The van der Waals surface area contributed by atoms with Gasteiger partial charge in [-0.3, -0.25) is 4.79 Å². The van der Waals surface area contributed by atoms with Crippen LogP contribution in [0.15, 0.2) is 42.5 Å². The van der Waals surface area contributed by atoms with Crippen molar-refractivity contribution in [1.29, 1.82) is 0 Å². The molecule has 0 bridgehead atoms. The Morgan fingerprint density at radius 2 is 1.95 bits per heavy atom. The quantitative estimate of drug-likeness (QED) is 0.846. The molecule has 1 N–H and O–H groups in total. The summed E-state index contributed by atoms with van der Waals surface area (Å²) in [6.45, 7) is 2.49. The van der Waals surface area contributed by atoms with E-state index in [-0.39, 0.29) is 5.91 Å². The highest BCUT2D eigenvalue weighted by molar-refractivity contribution is 6.42. The number of nitrogens with one attached hydrogen (secondary N) is 1. The zero-order chi connectivity index (χ0) is 15.9. The molecule has 2 rings (SSSR count). The van der Waals surface area contributed by atoms with Crippen LogP contribution in [-0.2, 0) is 11.2 Å². The van der Waals surface area contributed by atoms with Crippen molar-refractivity contribution in [3.05, 3.63) is 69.2 Å². The number of hydrogen-bond donors (Lipinski definition) is 1. The molecule has 1 amide bonds. The number of benzene rings is 2. The highest BCUT2D eigenvalue weighted by Gasteiger charge is 2.00. The third kappa shape index (κ3) is 5.11. The standard InChI is InChI=1S/C18H15Cl2NO/c1-13-3-2-4-14(11-13)6-8-18(22)21-10-9-15-5-7-16(19)17(20)12-15/h2-5,7,11-12H,9-10H2,1H3,(H,21,22). The Hall–Kier alpha value is -1.95. The molecule has 0 radical (unpaired) electrons. The molecule has 0 atom stereocenters. The summed E-state index contributed by atoms with van der Waals surface area (Å²) in [5, 5.41) is 3.81. The second-order valence-electron chi connectivity index (χ2n) is 4.87. The SMILES string of the molecule is Cc1cccc(C#CC(=O)NCCc2ccc(Cl)c(Cl)c2)c1. The predicted octanol–water partition coefficient (Wildman–Crippen LogP) is 4.01. The summed E-state index contributed by atoms with van der Waals surface area (Å²) in [6, 6.07) is 13.2. The van der Waals surface area contributed by atoms with Crippen LogP contribution < -0.4 is 5.32 Å². The van der Waals surface area contributed by atoms with Gasteiger partial charge in [-0.25, -0.2) is 0 Å². The lowest BCUT2D eigenvalue weighted by molar-refractivity contribution is -0.115. The molecule has 0 fully saturated rings. The summed E-state index contributed by atoms with van der Waals surface area (Å²) in [5.74, 6) is 5.15. The lowest BCUT2D eigenvalue weighted by Crippen LogP contribution is -2.24. The number of halogens is 2. The van der Waals surface area contributed by atoms with Crippen LogP contribution in [-0.4, -0.2) is 12.5 Å². The normalized spacial score (nSPS) is 9.77. The first-order chi connectivity index (χ1) is 10.5. The van der Waals surface area contributed by atoms with Crippen molar-refractivity contribution < 1.29 is 4.79 Å². The van der Waals surface area contributed by atoms with Gasteiger partial charge in [0, 0.05) is 18.0 Å². The van der Waals surface area contributed by atoms with Crippen molar-refractivity contribution in [3.63, 3.8) is 0 Å². The molecular formula is C18H15Cl2NO. The number of rotatable bonds is 3. The number of hydrogen-bond acceptors (Lipinski definition) is 1. The number of carbonyl (C=O) groups is 1. The van der Waals surface area contributed by atoms with E-state index < -0.39 is 0 Å². The average Bonchev–Trinajstić information content (AvgIpc) is 2.49. The van der Waals surface area contributed by atoms with E-state index in [0.29, 0.717) is 23.0 Å². The van der Waals surface area contributed by atoms with Crippen molar-refractivity contribution >= 4 is 29.1 Å². The largest absolute Gasteiger partial charge is 0.345 e. The maximum absolute atomic E-state index is 11.7. The van der Waals surface area contributed by atoms with Gasteiger partial charge in [-0.2, -0.15) is 0 Å². The Labute approximate surface area is 140 Å². The van der Waals surface area contributed by atoms with Crippen molar-refractivity contribution in [2.24, 2.45) is 0 Å². The summed E-state index contributed by atoms with van der Waals surface area (Å²) in [7, 11) is 0. The lowest BCUT2D eigenvalue weighted by Gasteiger charge is -2.03. The number of aryl methyl sites for hydroxylation is 1. The zero-order valence-electron chi connectivity index (χ0n) is 12.1. The maximum atomic E-state index is 11.7. The molecule has 2 nitrogen and oxygen atoms in total. The molecule has 0 saturated heterocycles. The molecule has 0 aliphatic rings. The summed E-state index contributed by atoms with van der Waals surface area (Å²) >= 11 is 11.8. The Morgan fingerprint density at radius 3 is 2.68 bits per heavy atom. The fourth-order valence-corrected chi connectivity index (χ4v) is 2.23. The first kappa shape index (κ1) is 16.4. The van der Waals surface area contributed by atoms with E-state index >= 15 is 0 Å². The molecule has 0 aromatic heterocycles. The fourth-order valence-electron chi connectivity index (χ4n) is 1.91. The van der Waals surface area contributed by atoms with Gasteiger partial charge in [0.15, 0.2) is 0 Å². The van der Waals surface area contributed by atoms with Gasteiger partial charge in [-0.15, -0.1) is 0 Å². The Morgan fingerprint density at radius 1 is 1.14 bits per heavy atom. The van der Waals surface area contributed by atoms with Crippen molar-refractivity contribution in [2.75, 3.05) is 6.54 Å². The molecular weight excluding hydrogens is 317 g/mol. The van der Waals surface area contributed by atoms with E-state index in [4.69, 9.17) is 23.2 Å². The highest BCUT2D eigenvalue weighted by atomic mass is 35.5. The van der Waals surface area contributed by atoms with E-state index in [9.17, 15) is 4.79 Å². The first-order valence-electron chi connectivity index (χ1n) is 6.85. The zero-order valence-corrected chi connectivity index (χ0v) is 13.6. The van der Waals surface area contributed by atoms with Crippen LogP contribution >= 0.6 is 23.2 Å². The smallest absolute Gasteiger partial charge is 0.296 e. The topological polar surface area (TPSA) is 29.1 Å². The van der Waals surface area contributed by atoms with Crippen LogP contribution in [0.5, 0.6) is 0 Å². The summed E-state index contributed by atoms with van der Waals surface area (Å²) in [4.78, 5) is 11.7. The van der Waals surface area contributed by atoms with E-state index in [0.717, 1.165) is 16.7 Å². The molecule has 112 valence electrons. The lowest BCUT2D eigenvalue weighted by atomic mass is 10.1. The van der Waals surface area contributed by atoms with Gasteiger partial charge in [-0.05, 0) is 48.7 Å². The van der Waals surface area contributed by atoms with E-state index in [1.807, 2.05) is 37.3 Å². The second kappa shape index (κ2) is 7.89. The molecule has 2 aromatic carbocycles. The Balaban J connectivity index is 1.84. The minimum Gasteiger partial charge on any atom is -0.345 e. The molecule has 0 heterocycles. The van der Waals surface area contributed by atoms with E-state index in [1.165, 1.54) is 0 Å². The first-order valence-corrected chi connectivity index (χ1v) is 7.60. The Bertz CT molecular complexity index is 744. The van der Waals surface area contributed by atoms with Crippen LogP contribution in [0.25, 0.3) is 0 Å². The molecule has 22 heavy (non-hydrogen) atoms. The van der Waals surface area contributed by atoms with Gasteiger partial charge >= 0.3 is 0 Å². The third-order valence-electron chi connectivity index (χ3n) is 3.02. The number of carbonyl (C=O) groups excluding carboxylic acids is 1. The molecule has 0 aliphatic heterocycles. The predicted molar refractivity (Wildman–Crippen MR) is 91.2 cm³/mol. The van der Waals surface area contributed by atoms with Crippen molar-refractivity contribution in [2.45, 2.75) is 13.3 Å². The fraction of sp³-hybridized carbons (Fsp3) is 0.167. The Kier molecular flexibility index (Phi) is 5.89. The number of amides is 1. The van der Waals surface area contributed by atoms with Crippen molar-refractivity contribution in [3.8, 4) is 11.8 Å². The maximum Gasteiger partial charge on any atom is 0.296 e. The summed E-state index contributed by atoms with van der Waals surface area (Å²) in [5.41, 5.74) is 2.97. The molecule has 0 unspecified atom stereocenters. The van der Waals surface area contributed by atoms with Crippen molar-refractivity contribution in [1.82, 2.24) is 5.32 Å². The van der Waals surface area contributed by atoms with E-state index in [2.05, 4.69) is 17.2 Å². The van der Waals surface area contributed by atoms with Gasteiger partial charge in [-0.1, -0.05) is 47.3 Å². The van der Waals surface area contributed by atoms with Crippen LogP contribution in [0.4, 0.5) is 0 Å². The highest BCUT2D eigenvalue weighted by Crippen LogP contribution is 2.22. The average molecular weight is 332 g/mol. The molecule has 4 heteroatoms. The second-order valence-corrected chi connectivity index (χ2v) is 5.69. The minimum absolute atomic E-state index is 0.290. The van der Waals surface area contributed by atoms with E-state index in [1.54, 1.807) is 12.1 Å². The molecule has 0 spiro atoms. The van der Waals surface area contributed by atoms with Gasteiger partial charge < -0.3 is 5.32 Å². The van der Waals surface area contributed by atoms with Gasteiger partial charge in [0.05, 0.1) is 10.0 Å². The van der Waals surface area contributed by atoms with Gasteiger partial charge in [0.2, 0.25) is 0 Å². The van der Waals surface area contributed by atoms with Crippen LogP contribution in [0.3, 0.4) is 0 Å². The molecule has 0 aliphatic carbocycles. The molecule has 2 aromatic rings. The summed E-state index contributed by atoms with van der Waals surface area (Å²) < 4.78 is 0. The molecule has 0 saturated carbocycles. The van der Waals surface area contributed by atoms with Gasteiger partial charge in [0.1, 0.15) is 0 Å². The van der Waals surface area contributed by atoms with Crippen LogP contribution in [0.1, 0.15) is 16.7 Å². The summed E-state index contributed by atoms with van der Waals surface area (Å²) in [6.07, 6.45) is 0.675. The van der Waals surface area contributed by atoms with Gasteiger partial charge in [0.25, 0.3) is 5.91 Å². The third-order valence-corrected chi connectivity index (χ3v) is 3.76. The minimum atomic E-state index is -0.290. The van der Waals surface area contributed by atoms with Crippen LogP contribution in [0, 0.1) is 18.8 Å².